The molecule has 22 heavy (non-hydrogen) atoms. The van der Waals surface area contributed by atoms with Crippen LogP contribution in [0.4, 0.5) is 0 Å². The predicted molar refractivity (Wildman–Crippen MR) is 86.8 cm³/mol. The Hall–Kier alpha value is -1.84. The van der Waals surface area contributed by atoms with Crippen molar-refractivity contribution in [3.63, 3.8) is 0 Å². The number of carbonyl (C=O) groups excluding carboxylic acids is 1. The molecule has 0 aliphatic carbocycles. The van der Waals surface area contributed by atoms with Gasteiger partial charge in [0, 0.05) is 18.1 Å². The molecule has 0 aromatic heterocycles. The summed E-state index contributed by atoms with van der Waals surface area (Å²) >= 11 is 5.85. The minimum atomic E-state index is 0.135. The summed E-state index contributed by atoms with van der Waals surface area (Å²) in [6.07, 6.45) is 0.598. The number of ether oxygens (including phenoxy) is 1. The van der Waals surface area contributed by atoms with Crippen molar-refractivity contribution >= 4 is 17.5 Å². The van der Waals surface area contributed by atoms with Crippen molar-refractivity contribution in [2.45, 2.75) is 19.1 Å². The molecule has 1 amide bonds. The predicted octanol–water partition coefficient (Wildman–Crippen LogP) is 3.31. The van der Waals surface area contributed by atoms with Gasteiger partial charge in [0.25, 0.3) is 0 Å². The van der Waals surface area contributed by atoms with E-state index in [1.807, 2.05) is 59.5 Å². The molecule has 1 aliphatic heterocycles. The first kappa shape index (κ1) is 15.1. The maximum absolute atomic E-state index is 12.1. The van der Waals surface area contributed by atoms with Gasteiger partial charge in [0.05, 0.1) is 19.1 Å². The maximum Gasteiger partial charge on any atom is 0.227 e. The van der Waals surface area contributed by atoms with Gasteiger partial charge in [-0.15, -0.1) is 0 Å². The molecule has 2 aromatic carbocycles. The summed E-state index contributed by atoms with van der Waals surface area (Å²) in [4.78, 5) is 14.0. The fourth-order valence-electron chi connectivity index (χ4n) is 2.42. The number of hydrogen-bond donors (Lipinski definition) is 0. The zero-order chi connectivity index (χ0) is 15.4. The topological polar surface area (TPSA) is 29.5 Å². The monoisotopic (exact) mass is 315 g/mol. The average molecular weight is 316 g/mol. The number of rotatable bonds is 5. The number of likely N-dealkylation sites (tertiary alicyclic amines) is 1. The minimum Gasteiger partial charge on any atom is -0.370 e. The molecule has 0 spiro atoms. The van der Waals surface area contributed by atoms with Gasteiger partial charge in [0.1, 0.15) is 0 Å². The Bertz CT molecular complexity index is 621. The SMILES string of the molecule is O=C(Cc1ccccc1)N1CC(OCc2ccc(Cl)cc2)C1. The summed E-state index contributed by atoms with van der Waals surface area (Å²) in [5.74, 6) is 0.164. The summed E-state index contributed by atoms with van der Waals surface area (Å²) in [7, 11) is 0. The molecule has 4 heteroatoms. The van der Waals surface area contributed by atoms with Crippen LogP contribution in [0.3, 0.4) is 0 Å². The first-order valence-corrected chi connectivity index (χ1v) is 7.76. The second kappa shape index (κ2) is 6.95. The van der Waals surface area contributed by atoms with Crippen LogP contribution in [0.1, 0.15) is 11.1 Å². The molecular weight excluding hydrogens is 298 g/mol. The lowest BCUT2D eigenvalue weighted by atomic mass is 10.1. The largest absolute Gasteiger partial charge is 0.370 e. The third-order valence-corrected chi connectivity index (χ3v) is 4.05. The van der Waals surface area contributed by atoms with Crippen LogP contribution in [-0.4, -0.2) is 30.0 Å². The Kier molecular flexibility index (Phi) is 4.76. The van der Waals surface area contributed by atoms with E-state index in [4.69, 9.17) is 16.3 Å². The fourth-order valence-corrected chi connectivity index (χ4v) is 2.55. The van der Waals surface area contributed by atoms with Crippen molar-refractivity contribution in [2.24, 2.45) is 0 Å². The first-order valence-electron chi connectivity index (χ1n) is 7.38. The molecule has 0 unspecified atom stereocenters. The molecule has 1 heterocycles. The number of amides is 1. The molecule has 3 rings (SSSR count). The van der Waals surface area contributed by atoms with Crippen molar-refractivity contribution in [1.29, 1.82) is 0 Å². The molecule has 1 saturated heterocycles. The standard InChI is InChI=1S/C18H18ClNO2/c19-16-8-6-15(7-9-16)13-22-17-11-20(12-17)18(21)10-14-4-2-1-3-5-14/h1-9,17H,10-13H2. The van der Waals surface area contributed by atoms with Gasteiger partial charge in [-0.05, 0) is 23.3 Å². The molecule has 0 saturated carbocycles. The Labute approximate surface area is 135 Å². The van der Waals surface area contributed by atoms with Crippen molar-refractivity contribution in [1.82, 2.24) is 4.90 Å². The van der Waals surface area contributed by atoms with Crippen LogP contribution in [0.2, 0.25) is 5.02 Å². The van der Waals surface area contributed by atoms with Gasteiger partial charge in [0.15, 0.2) is 0 Å². The molecule has 3 nitrogen and oxygen atoms in total. The summed E-state index contributed by atoms with van der Waals surface area (Å²) in [6, 6.07) is 17.5. The second-order valence-corrected chi connectivity index (χ2v) is 5.96. The van der Waals surface area contributed by atoms with Gasteiger partial charge in [-0.2, -0.15) is 0 Å². The van der Waals surface area contributed by atoms with E-state index in [9.17, 15) is 4.79 Å². The van der Waals surface area contributed by atoms with Gasteiger partial charge in [-0.3, -0.25) is 4.79 Å². The first-order chi connectivity index (χ1) is 10.7. The zero-order valence-electron chi connectivity index (χ0n) is 12.2. The van der Waals surface area contributed by atoms with Crippen LogP contribution in [0.25, 0.3) is 0 Å². The third kappa shape index (κ3) is 3.87. The molecule has 114 valence electrons. The molecule has 0 atom stereocenters. The van der Waals surface area contributed by atoms with Gasteiger partial charge in [-0.1, -0.05) is 54.1 Å². The molecule has 2 aromatic rings. The Morgan fingerprint density at radius 1 is 1.05 bits per heavy atom. The Morgan fingerprint density at radius 3 is 2.41 bits per heavy atom. The van der Waals surface area contributed by atoms with E-state index in [1.54, 1.807) is 0 Å². The highest BCUT2D eigenvalue weighted by molar-refractivity contribution is 6.30. The smallest absolute Gasteiger partial charge is 0.227 e. The summed E-state index contributed by atoms with van der Waals surface area (Å²) in [5.41, 5.74) is 2.15. The van der Waals surface area contributed by atoms with E-state index < -0.39 is 0 Å². The minimum absolute atomic E-state index is 0.135. The van der Waals surface area contributed by atoms with Gasteiger partial charge in [0.2, 0.25) is 5.91 Å². The van der Waals surface area contributed by atoms with Crippen molar-refractivity contribution < 1.29 is 9.53 Å². The van der Waals surface area contributed by atoms with E-state index in [2.05, 4.69) is 0 Å². The highest BCUT2D eigenvalue weighted by Crippen LogP contribution is 2.17. The lowest BCUT2D eigenvalue weighted by Crippen LogP contribution is -2.55. The number of nitrogens with zero attached hydrogens (tertiary/aromatic N) is 1. The van der Waals surface area contributed by atoms with Crippen LogP contribution < -0.4 is 0 Å². The second-order valence-electron chi connectivity index (χ2n) is 5.52. The van der Waals surface area contributed by atoms with E-state index in [0.29, 0.717) is 26.1 Å². The molecular formula is C18H18ClNO2. The zero-order valence-corrected chi connectivity index (χ0v) is 13.0. The van der Waals surface area contributed by atoms with Crippen molar-refractivity contribution in [3.8, 4) is 0 Å². The number of hydrogen-bond acceptors (Lipinski definition) is 2. The molecule has 0 N–H and O–H groups in total. The number of carbonyl (C=O) groups is 1. The lowest BCUT2D eigenvalue weighted by Gasteiger charge is -2.39. The van der Waals surface area contributed by atoms with Crippen LogP contribution in [0.5, 0.6) is 0 Å². The molecule has 1 fully saturated rings. The number of benzene rings is 2. The maximum atomic E-state index is 12.1. The van der Waals surface area contributed by atoms with Crippen LogP contribution >= 0.6 is 11.6 Å². The molecule has 1 aliphatic rings. The molecule has 0 radical (unpaired) electrons. The van der Waals surface area contributed by atoms with Crippen LogP contribution in [0.15, 0.2) is 54.6 Å². The average Bonchev–Trinajstić information content (AvgIpc) is 2.48. The fraction of sp³-hybridized carbons (Fsp3) is 0.278. The summed E-state index contributed by atoms with van der Waals surface area (Å²) in [6.45, 7) is 1.92. The van der Waals surface area contributed by atoms with Crippen molar-refractivity contribution in [2.75, 3.05) is 13.1 Å². The van der Waals surface area contributed by atoms with Gasteiger partial charge >= 0.3 is 0 Å². The van der Waals surface area contributed by atoms with E-state index in [0.717, 1.165) is 16.1 Å². The van der Waals surface area contributed by atoms with Crippen LogP contribution in [0, 0.1) is 0 Å². The Balaban J connectivity index is 1.40. The third-order valence-electron chi connectivity index (χ3n) is 3.80. The summed E-state index contributed by atoms with van der Waals surface area (Å²) in [5, 5.41) is 0.727. The van der Waals surface area contributed by atoms with E-state index in [-0.39, 0.29) is 12.0 Å². The lowest BCUT2D eigenvalue weighted by molar-refractivity contribution is -0.145. The Morgan fingerprint density at radius 2 is 1.73 bits per heavy atom. The quantitative estimate of drug-likeness (QED) is 0.847. The van der Waals surface area contributed by atoms with E-state index in [1.165, 1.54) is 0 Å². The highest BCUT2D eigenvalue weighted by Gasteiger charge is 2.30. The van der Waals surface area contributed by atoms with E-state index >= 15 is 0 Å². The van der Waals surface area contributed by atoms with Gasteiger partial charge < -0.3 is 9.64 Å². The summed E-state index contributed by atoms with van der Waals surface area (Å²) < 4.78 is 5.80. The normalized spacial score (nSPS) is 14.7. The molecule has 0 bridgehead atoms. The number of halogens is 1. The highest BCUT2D eigenvalue weighted by atomic mass is 35.5. The van der Waals surface area contributed by atoms with Gasteiger partial charge in [-0.25, -0.2) is 0 Å². The van der Waals surface area contributed by atoms with Crippen molar-refractivity contribution in [3.05, 3.63) is 70.7 Å². The van der Waals surface area contributed by atoms with Crippen LogP contribution in [-0.2, 0) is 22.6 Å².